The number of nitrogens with one attached hydrogen (secondary N) is 1. The Hall–Kier alpha value is -1.26. The van der Waals surface area contributed by atoms with Crippen molar-refractivity contribution >= 4 is 41.7 Å². The van der Waals surface area contributed by atoms with Crippen LogP contribution in [0.25, 0.3) is 0 Å². The van der Waals surface area contributed by atoms with Gasteiger partial charge < -0.3 is 15.0 Å². The van der Waals surface area contributed by atoms with E-state index in [4.69, 9.17) is 9.73 Å². The largest absolute Gasteiger partial charge is 0.370 e. The van der Waals surface area contributed by atoms with Crippen molar-refractivity contribution in [2.75, 3.05) is 38.5 Å². The summed E-state index contributed by atoms with van der Waals surface area (Å²) in [5, 5.41) is 7.68. The molecule has 0 saturated carbocycles. The van der Waals surface area contributed by atoms with Gasteiger partial charge in [0, 0.05) is 42.5 Å². The van der Waals surface area contributed by atoms with E-state index in [-0.39, 0.29) is 30.1 Å². The van der Waals surface area contributed by atoms with E-state index in [0.29, 0.717) is 6.61 Å². The van der Waals surface area contributed by atoms with E-state index in [9.17, 15) is 0 Å². The molecule has 1 atom stereocenters. The van der Waals surface area contributed by atoms with Crippen molar-refractivity contribution in [3.8, 4) is 0 Å². The molecule has 0 radical (unpaired) electrons. The third-order valence-corrected chi connectivity index (χ3v) is 5.15. The number of aryl methyl sites for hydroxylation is 1. The zero-order valence-electron chi connectivity index (χ0n) is 15.9. The summed E-state index contributed by atoms with van der Waals surface area (Å²) in [4.78, 5) is 8.40. The minimum Gasteiger partial charge on any atom is -0.370 e. The average Bonchev–Trinajstić information content (AvgIpc) is 3.12. The highest BCUT2D eigenvalue weighted by molar-refractivity contribution is 14.0. The second kappa shape index (κ2) is 11.6. The Morgan fingerprint density at radius 1 is 1.37 bits per heavy atom. The first kappa shape index (κ1) is 22.0. The smallest absolute Gasteiger partial charge is 0.194 e. The van der Waals surface area contributed by atoms with Gasteiger partial charge in [-0.1, -0.05) is 18.2 Å². The number of hydrogen-bond acceptors (Lipinski definition) is 4. The quantitative estimate of drug-likeness (QED) is 0.217. The number of morpholine rings is 1. The summed E-state index contributed by atoms with van der Waals surface area (Å²) in [5.41, 5.74) is 1.12. The fourth-order valence-corrected chi connectivity index (χ4v) is 3.68. The third-order valence-electron chi connectivity index (χ3n) is 4.16. The predicted octanol–water partition coefficient (Wildman–Crippen LogP) is 3.17. The maximum atomic E-state index is 5.94. The standard InChI is InChI=1S/C19H27N5OS.HI/c1-3-20-19(21-9-12-26-17-7-5-4-6-8-17)24-10-11-25-18(15-24)16-13-22-23(2)14-16;/h4-8,13-14,18H,3,9-12,15H2,1-2H3,(H,20,21);1H. The Kier molecular flexibility index (Phi) is 9.43. The molecule has 0 spiro atoms. The molecule has 148 valence electrons. The second-order valence-corrected chi connectivity index (χ2v) is 7.32. The van der Waals surface area contributed by atoms with Crippen molar-refractivity contribution in [3.63, 3.8) is 0 Å². The molecule has 8 heteroatoms. The van der Waals surface area contributed by atoms with E-state index in [1.54, 1.807) is 0 Å². The molecule has 1 aromatic carbocycles. The SMILES string of the molecule is CCNC(=NCCSc1ccccc1)N1CCOC(c2cnn(C)c2)C1.I. The van der Waals surface area contributed by atoms with Crippen molar-refractivity contribution < 1.29 is 4.74 Å². The number of ether oxygens (including phenoxy) is 1. The molecule has 6 nitrogen and oxygen atoms in total. The molecule has 2 heterocycles. The molecule has 27 heavy (non-hydrogen) atoms. The molecule has 3 rings (SSSR count). The van der Waals surface area contributed by atoms with Crippen LogP contribution in [0.4, 0.5) is 0 Å². The summed E-state index contributed by atoms with van der Waals surface area (Å²) in [6.45, 7) is 6.10. The molecular weight excluding hydrogens is 473 g/mol. The van der Waals surface area contributed by atoms with E-state index >= 15 is 0 Å². The molecule has 0 bridgehead atoms. The van der Waals surface area contributed by atoms with Crippen molar-refractivity contribution in [2.24, 2.45) is 12.0 Å². The number of nitrogens with zero attached hydrogens (tertiary/aromatic N) is 4. The van der Waals surface area contributed by atoms with Crippen LogP contribution in [0, 0.1) is 0 Å². The van der Waals surface area contributed by atoms with Gasteiger partial charge in [0.25, 0.3) is 0 Å². The van der Waals surface area contributed by atoms with E-state index in [1.165, 1.54) is 4.90 Å². The van der Waals surface area contributed by atoms with Crippen LogP contribution < -0.4 is 5.32 Å². The van der Waals surface area contributed by atoms with Gasteiger partial charge in [0.2, 0.25) is 0 Å². The zero-order chi connectivity index (χ0) is 18.2. The van der Waals surface area contributed by atoms with Crippen molar-refractivity contribution in [2.45, 2.75) is 17.9 Å². The number of thioether (sulfide) groups is 1. The lowest BCUT2D eigenvalue weighted by molar-refractivity contribution is -0.00802. The summed E-state index contributed by atoms with van der Waals surface area (Å²) in [6, 6.07) is 10.5. The molecular formula is C19H28IN5OS. The van der Waals surface area contributed by atoms with E-state index in [2.05, 4.69) is 46.5 Å². The van der Waals surface area contributed by atoms with Gasteiger partial charge in [0.15, 0.2) is 5.96 Å². The van der Waals surface area contributed by atoms with Gasteiger partial charge in [-0.25, -0.2) is 0 Å². The first-order valence-electron chi connectivity index (χ1n) is 9.07. The van der Waals surface area contributed by atoms with Crippen molar-refractivity contribution in [1.29, 1.82) is 0 Å². The lowest BCUT2D eigenvalue weighted by Crippen LogP contribution is -2.48. The van der Waals surface area contributed by atoms with Gasteiger partial charge >= 0.3 is 0 Å². The predicted molar refractivity (Wildman–Crippen MR) is 122 cm³/mol. The fraction of sp³-hybridized carbons (Fsp3) is 0.474. The van der Waals surface area contributed by atoms with Crippen LogP contribution >= 0.6 is 35.7 Å². The van der Waals surface area contributed by atoms with Crippen LogP contribution in [0.5, 0.6) is 0 Å². The van der Waals surface area contributed by atoms with Crippen LogP contribution in [0.1, 0.15) is 18.6 Å². The first-order chi connectivity index (χ1) is 12.8. The van der Waals surface area contributed by atoms with Gasteiger partial charge in [-0.2, -0.15) is 5.10 Å². The van der Waals surface area contributed by atoms with Gasteiger partial charge in [0.1, 0.15) is 6.10 Å². The van der Waals surface area contributed by atoms with Crippen molar-refractivity contribution in [1.82, 2.24) is 20.0 Å². The normalized spacial score (nSPS) is 17.5. The Labute approximate surface area is 182 Å². The molecule has 1 aromatic heterocycles. The molecule has 1 N–H and O–H groups in total. The molecule has 2 aromatic rings. The van der Waals surface area contributed by atoms with Crippen molar-refractivity contribution in [3.05, 3.63) is 48.3 Å². The van der Waals surface area contributed by atoms with Gasteiger partial charge in [0.05, 0.1) is 25.9 Å². The van der Waals surface area contributed by atoms with Crippen LogP contribution in [-0.2, 0) is 11.8 Å². The number of aromatic nitrogens is 2. The third kappa shape index (κ3) is 6.69. The van der Waals surface area contributed by atoms with Gasteiger partial charge in [-0.3, -0.25) is 9.67 Å². The maximum Gasteiger partial charge on any atom is 0.194 e. The lowest BCUT2D eigenvalue weighted by atomic mass is 10.1. The van der Waals surface area contributed by atoms with Gasteiger partial charge in [-0.05, 0) is 19.1 Å². The summed E-state index contributed by atoms with van der Waals surface area (Å²) in [5.74, 6) is 1.94. The molecule has 1 aliphatic heterocycles. The Morgan fingerprint density at radius 2 is 2.19 bits per heavy atom. The molecule has 0 aliphatic carbocycles. The number of aliphatic imine (C=N–C) groups is 1. The molecule has 1 aliphatic rings. The molecule has 1 saturated heterocycles. The Balaban J connectivity index is 0.00000261. The molecule has 1 unspecified atom stereocenters. The number of guanidine groups is 1. The highest BCUT2D eigenvalue weighted by Gasteiger charge is 2.25. The highest BCUT2D eigenvalue weighted by atomic mass is 127. The average molecular weight is 501 g/mol. The monoisotopic (exact) mass is 501 g/mol. The number of hydrogen-bond donors (Lipinski definition) is 1. The molecule has 0 amide bonds. The number of benzene rings is 1. The van der Waals surface area contributed by atoms with Crippen LogP contribution in [-0.4, -0.2) is 59.2 Å². The Morgan fingerprint density at radius 3 is 2.89 bits per heavy atom. The van der Waals surface area contributed by atoms with Crippen LogP contribution in [0.3, 0.4) is 0 Å². The topological polar surface area (TPSA) is 54.7 Å². The van der Waals surface area contributed by atoms with Crippen LogP contribution in [0.2, 0.25) is 0 Å². The van der Waals surface area contributed by atoms with E-state index < -0.39 is 0 Å². The van der Waals surface area contributed by atoms with E-state index in [1.807, 2.05) is 42.0 Å². The number of rotatable bonds is 6. The Bertz CT molecular complexity index is 709. The minimum absolute atomic E-state index is 0. The minimum atomic E-state index is 0. The summed E-state index contributed by atoms with van der Waals surface area (Å²) < 4.78 is 7.75. The van der Waals surface area contributed by atoms with Crippen LogP contribution in [0.15, 0.2) is 52.6 Å². The second-order valence-electron chi connectivity index (χ2n) is 6.15. The summed E-state index contributed by atoms with van der Waals surface area (Å²) in [6.07, 6.45) is 3.95. The van der Waals surface area contributed by atoms with E-state index in [0.717, 1.165) is 43.5 Å². The zero-order valence-corrected chi connectivity index (χ0v) is 19.0. The first-order valence-corrected chi connectivity index (χ1v) is 10.1. The summed E-state index contributed by atoms with van der Waals surface area (Å²) >= 11 is 1.84. The lowest BCUT2D eigenvalue weighted by Gasteiger charge is -2.34. The fourth-order valence-electron chi connectivity index (χ4n) is 2.91. The van der Waals surface area contributed by atoms with Gasteiger partial charge in [-0.15, -0.1) is 35.7 Å². The maximum absolute atomic E-state index is 5.94. The summed E-state index contributed by atoms with van der Waals surface area (Å²) in [7, 11) is 1.93. The number of halogens is 1. The molecule has 1 fully saturated rings. The highest BCUT2D eigenvalue weighted by Crippen LogP contribution is 2.22.